The molecule has 0 amide bonds. The van der Waals surface area contributed by atoms with Crippen molar-refractivity contribution >= 4 is 6.08 Å². The second-order valence-electron chi connectivity index (χ2n) is 2.50. The zero-order chi connectivity index (χ0) is 7.84. The van der Waals surface area contributed by atoms with Crippen LogP contribution in [0.15, 0.2) is 24.4 Å². The van der Waals surface area contributed by atoms with Gasteiger partial charge in [-0.2, -0.15) is 0 Å². The average Bonchev–Trinajstić information content (AvgIpc) is 2.66. The number of hydrogen-bond donors (Lipinski definition) is 2. The van der Waals surface area contributed by atoms with Crippen LogP contribution in [0.2, 0.25) is 0 Å². The van der Waals surface area contributed by atoms with Gasteiger partial charge in [0.15, 0.2) is 0 Å². The molecule has 0 saturated carbocycles. The molecule has 2 heteroatoms. The van der Waals surface area contributed by atoms with Crippen molar-refractivity contribution in [3.8, 4) is 11.1 Å². The van der Waals surface area contributed by atoms with Crippen LogP contribution in [0.25, 0.3) is 17.2 Å². The molecule has 0 saturated heterocycles. The highest BCUT2D eigenvalue weighted by atomic mass is 14.5. The molecule has 0 spiro atoms. The van der Waals surface area contributed by atoms with Crippen LogP contribution >= 0.6 is 0 Å². The first kappa shape index (κ1) is 6.16. The molecule has 0 radical (unpaired) electrons. The summed E-state index contributed by atoms with van der Waals surface area (Å²) in [5.74, 6) is 0. The van der Waals surface area contributed by atoms with E-state index in [1.807, 2.05) is 18.2 Å². The van der Waals surface area contributed by atoms with Crippen LogP contribution in [0.1, 0.15) is 5.56 Å². The monoisotopic (exact) mass is 144 g/mol. The van der Waals surface area contributed by atoms with Gasteiger partial charge in [-0.05, 0) is 29.5 Å². The maximum Gasteiger partial charge on any atom is 0.0624 e. The topological polar surface area (TPSA) is 49.9 Å². The number of benzene rings is 1. The molecule has 0 aromatic carbocycles. The molecule has 2 aliphatic rings. The molecule has 0 heterocycles. The Bertz CT molecular complexity index is 391. The van der Waals surface area contributed by atoms with Crippen LogP contribution in [0.4, 0.5) is 0 Å². The van der Waals surface area contributed by atoms with Crippen molar-refractivity contribution < 1.29 is 0 Å². The quantitative estimate of drug-likeness (QED) is 0.618. The van der Waals surface area contributed by atoms with Crippen LogP contribution in [-0.2, 0) is 0 Å². The molecule has 54 valence electrons. The Hall–Kier alpha value is -1.57. The third-order valence-corrected chi connectivity index (χ3v) is 1.82. The summed E-state index contributed by atoms with van der Waals surface area (Å²) in [6.45, 7) is 0. The molecule has 0 aliphatic heterocycles. The highest BCUT2D eigenvalue weighted by molar-refractivity contribution is 5.96. The van der Waals surface area contributed by atoms with Crippen LogP contribution < -0.4 is 11.1 Å². The number of rotatable bonds is 1. The Morgan fingerprint density at radius 3 is 2.82 bits per heavy atom. The van der Waals surface area contributed by atoms with Gasteiger partial charge in [-0.1, -0.05) is 12.1 Å². The molecule has 0 unspecified atom stereocenters. The lowest BCUT2D eigenvalue weighted by atomic mass is 10.3. The van der Waals surface area contributed by atoms with Gasteiger partial charge in [-0.3, -0.25) is 0 Å². The van der Waals surface area contributed by atoms with Crippen molar-refractivity contribution in [2.75, 3.05) is 0 Å². The van der Waals surface area contributed by atoms with Gasteiger partial charge < -0.3 is 11.1 Å². The summed E-state index contributed by atoms with van der Waals surface area (Å²) < 4.78 is 0. The fraction of sp³-hybridized carbons (Fsp3) is 0. The highest BCUT2D eigenvalue weighted by Gasteiger charge is 2.21. The smallest absolute Gasteiger partial charge is 0.0624 e. The molecule has 2 aliphatic carbocycles. The SMILES string of the molecule is N=c1cccc2c(C=CN)c1-2. The lowest BCUT2D eigenvalue weighted by molar-refractivity contribution is 1.30. The van der Waals surface area contributed by atoms with E-state index in [0.717, 1.165) is 11.1 Å². The van der Waals surface area contributed by atoms with Crippen molar-refractivity contribution in [3.05, 3.63) is 35.3 Å². The molecule has 2 nitrogen and oxygen atoms in total. The zero-order valence-corrected chi connectivity index (χ0v) is 5.96. The van der Waals surface area contributed by atoms with Crippen LogP contribution in [-0.4, -0.2) is 0 Å². The van der Waals surface area contributed by atoms with Crippen LogP contribution in [0.5, 0.6) is 0 Å². The minimum absolute atomic E-state index is 0.593. The lowest BCUT2D eigenvalue weighted by Gasteiger charge is -1.77. The van der Waals surface area contributed by atoms with E-state index in [-0.39, 0.29) is 0 Å². The van der Waals surface area contributed by atoms with Crippen molar-refractivity contribution in [3.63, 3.8) is 0 Å². The van der Waals surface area contributed by atoms with E-state index in [9.17, 15) is 0 Å². The lowest BCUT2D eigenvalue weighted by Crippen LogP contribution is -1.93. The van der Waals surface area contributed by atoms with E-state index < -0.39 is 0 Å². The number of fused-ring (bicyclic) bond motifs is 1. The van der Waals surface area contributed by atoms with E-state index in [1.165, 1.54) is 11.8 Å². The maximum atomic E-state index is 7.48. The Morgan fingerprint density at radius 1 is 1.36 bits per heavy atom. The van der Waals surface area contributed by atoms with Crippen molar-refractivity contribution in [1.29, 1.82) is 5.41 Å². The fourth-order valence-electron chi connectivity index (χ4n) is 1.27. The predicted molar refractivity (Wildman–Crippen MR) is 44.5 cm³/mol. The normalized spacial score (nSPS) is 12.0. The first-order chi connectivity index (χ1) is 5.34. The summed E-state index contributed by atoms with van der Waals surface area (Å²) >= 11 is 0. The predicted octanol–water partition coefficient (Wildman–Crippen LogP) is 1.08. The van der Waals surface area contributed by atoms with Gasteiger partial charge in [-0.25, -0.2) is 0 Å². The molecule has 0 aromatic rings. The van der Waals surface area contributed by atoms with E-state index >= 15 is 0 Å². The van der Waals surface area contributed by atoms with Gasteiger partial charge >= 0.3 is 0 Å². The van der Waals surface area contributed by atoms with Gasteiger partial charge in [0, 0.05) is 5.56 Å². The third kappa shape index (κ3) is 0.759. The van der Waals surface area contributed by atoms with E-state index in [2.05, 4.69) is 0 Å². The summed E-state index contributed by atoms with van der Waals surface area (Å²) in [6.07, 6.45) is 3.34. The molecule has 2 rings (SSSR count). The summed E-state index contributed by atoms with van der Waals surface area (Å²) in [5.41, 5.74) is 8.57. The van der Waals surface area contributed by atoms with E-state index in [4.69, 9.17) is 11.1 Å². The Morgan fingerprint density at radius 2 is 2.18 bits per heavy atom. The Labute approximate surface area is 64.5 Å². The fourth-order valence-corrected chi connectivity index (χ4v) is 1.27. The molecule has 0 aromatic heterocycles. The maximum absolute atomic E-state index is 7.48. The molecule has 11 heavy (non-hydrogen) atoms. The highest BCUT2D eigenvalue weighted by Crippen LogP contribution is 2.38. The van der Waals surface area contributed by atoms with E-state index in [0.29, 0.717) is 5.36 Å². The van der Waals surface area contributed by atoms with Gasteiger partial charge in [-0.15, -0.1) is 0 Å². The summed E-state index contributed by atoms with van der Waals surface area (Å²) in [6, 6.07) is 5.68. The summed E-state index contributed by atoms with van der Waals surface area (Å²) in [4.78, 5) is 0. The summed E-state index contributed by atoms with van der Waals surface area (Å²) in [7, 11) is 0. The summed E-state index contributed by atoms with van der Waals surface area (Å²) in [5, 5.41) is 8.08. The molecular formula is C9H8N2. The standard InChI is InChI=1S/C9H8N2/c10-5-4-7-6-2-1-3-8(11)9(6)7/h1-5,11H,10H2. The van der Waals surface area contributed by atoms with Crippen molar-refractivity contribution in [2.24, 2.45) is 5.73 Å². The largest absolute Gasteiger partial charge is 0.405 e. The first-order valence-corrected chi connectivity index (χ1v) is 3.45. The minimum atomic E-state index is 0.593. The molecule has 0 bridgehead atoms. The second-order valence-corrected chi connectivity index (χ2v) is 2.50. The van der Waals surface area contributed by atoms with Gasteiger partial charge in [0.25, 0.3) is 0 Å². The van der Waals surface area contributed by atoms with Gasteiger partial charge in [0.1, 0.15) is 0 Å². The van der Waals surface area contributed by atoms with Crippen LogP contribution in [0, 0.1) is 5.41 Å². The zero-order valence-electron chi connectivity index (χ0n) is 5.96. The Balaban J connectivity index is 2.62. The minimum Gasteiger partial charge on any atom is -0.405 e. The second kappa shape index (κ2) is 1.95. The Kier molecular flexibility index (Phi) is 1.09. The molecule has 0 fully saturated rings. The molecular weight excluding hydrogens is 136 g/mol. The molecule has 0 atom stereocenters. The number of nitrogens with two attached hydrogens (primary N) is 1. The number of nitrogens with one attached hydrogen (secondary N) is 1. The molecule has 3 N–H and O–H groups in total. The van der Waals surface area contributed by atoms with Crippen molar-refractivity contribution in [2.45, 2.75) is 0 Å². The van der Waals surface area contributed by atoms with E-state index in [1.54, 1.807) is 6.07 Å². The van der Waals surface area contributed by atoms with Gasteiger partial charge in [0.05, 0.1) is 5.36 Å². The van der Waals surface area contributed by atoms with Gasteiger partial charge in [0.2, 0.25) is 0 Å². The first-order valence-electron chi connectivity index (χ1n) is 3.45. The van der Waals surface area contributed by atoms with Crippen molar-refractivity contribution in [1.82, 2.24) is 0 Å². The van der Waals surface area contributed by atoms with Crippen LogP contribution in [0.3, 0.4) is 0 Å². The number of hydrogen-bond acceptors (Lipinski definition) is 2. The third-order valence-electron chi connectivity index (χ3n) is 1.82. The average molecular weight is 144 g/mol.